The maximum atomic E-state index is 4.55. The van der Waals surface area contributed by atoms with Crippen LogP contribution < -0.4 is 0 Å². The molecule has 0 saturated carbocycles. The molecule has 114 valence electrons. The van der Waals surface area contributed by atoms with Gasteiger partial charge in [-0.1, -0.05) is 36.5 Å². The Labute approximate surface area is 133 Å². The van der Waals surface area contributed by atoms with E-state index >= 15 is 0 Å². The molecule has 0 aromatic heterocycles. The van der Waals surface area contributed by atoms with Gasteiger partial charge in [-0.2, -0.15) is 0 Å². The van der Waals surface area contributed by atoms with E-state index in [1.807, 2.05) is 20.1 Å². The lowest BCUT2D eigenvalue weighted by Gasteiger charge is -2.20. The second-order valence-electron chi connectivity index (χ2n) is 5.53. The summed E-state index contributed by atoms with van der Waals surface area (Å²) in [6.45, 7) is 14.0. The van der Waals surface area contributed by atoms with Crippen molar-refractivity contribution in [3.63, 3.8) is 0 Å². The van der Waals surface area contributed by atoms with Gasteiger partial charge in [0.25, 0.3) is 0 Å². The first-order valence-electron chi connectivity index (χ1n) is 7.74. The van der Waals surface area contributed by atoms with E-state index in [4.69, 9.17) is 0 Å². The lowest BCUT2D eigenvalue weighted by Crippen LogP contribution is -2.01. The molecular weight excluding hydrogens is 268 g/mol. The van der Waals surface area contributed by atoms with Crippen molar-refractivity contribution in [1.82, 2.24) is 0 Å². The Morgan fingerprint density at radius 1 is 1.18 bits per heavy atom. The molecule has 1 aromatic carbocycles. The van der Waals surface area contributed by atoms with E-state index in [2.05, 4.69) is 54.5 Å². The lowest BCUT2D eigenvalue weighted by atomic mass is 9.87. The number of hydrogen-bond donors (Lipinski definition) is 0. The summed E-state index contributed by atoms with van der Waals surface area (Å²) in [5, 5.41) is 0. The Morgan fingerprint density at radius 3 is 2.59 bits per heavy atom. The zero-order valence-electron chi connectivity index (χ0n) is 13.8. The molecule has 1 aromatic rings. The Kier molecular flexibility index (Phi) is 5.26. The second kappa shape index (κ2) is 7.17. The summed E-state index contributed by atoms with van der Waals surface area (Å²) in [5.41, 5.74) is 7.99. The zero-order chi connectivity index (χ0) is 16.1. The van der Waals surface area contributed by atoms with Gasteiger partial charge in [0.05, 0.1) is 11.4 Å². The molecule has 0 aliphatic heterocycles. The fourth-order valence-electron chi connectivity index (χ4n) is 2.98. The minimum atomic E-state index is 0.891. The Balaban J connectivity index is 2.85. The van der Waals surface area contributed by atoms with Crippen LogP contribution in [0.5, 0.6) is 0 Å². The van der Waals surface area contributed by atoms with Gasteiger partial charge in [-0.3, -0.25) is 9.98 Å². The number of allylic oxidation sites excluding steroid dienone is 3. The van der Waals surface area contributed by atoms with E-state index in [0.29, 0.717) is 0 Å². The fourth-order valence-corrected chi connectivity index (χ4v) is 2.98. The largest absolute Gasteiger partial charge is 0.262 e. The van der Waals surface area contributed by atoms with Gasteiger partial charge in [-0.05, 0) is 63.4 Å². The summed E-state index contributed by atoms with van der Waals surface area (Å²) in [7, 11) is 0. The standard InChI is InChI=1S/C20H24N2/c1-6-9-16-15(4)19(22-7-2)20(21-5)18-11-8-10-14(3)12-13-17(16)18/h6-9,11H,3,5,10,12-13H2,1-2,4H3/b9-6-,11-8-,22-7-. The molecule has 2 nitrogen and oxygen atoms in total. The topological polar surface area (TPSA) is 24.7 Å². The normalized spacial score (nSPS) is 16.6. The molecule has 0 amide bonds. The molecule has 22 heavy (non-hydrogen) atoms. The number of fused-ring (bicyclic) bond motifs is 1. The molecular formula is C20H24N2. The molecule has 0 fully saturated rings. The van der Waals surface area contributed by atoms with Crippen molar-refractivity contribution in [1.29, 1.82) is 0 Å². The van der Waals surface area contributed by atoms with E-state index in [9.17, 15) is 0 Å². The number of hydrogen-bond acceptors (Lipinski definition) is 2. The fraction of sp³-hybridized carbons (Fsp3) is 0.300. The summed E-state index contributed by atoms with van der Waals surface area (Å²) in [6, 6.07) is 0. The van der Waals surface area contributed by atoms with Crippen LogP contribution in [0.3, 0.4) is 0 Å². The average Bonchev–Trinajstić information content (AvgIpc) is 2.49. The van der Waals surface area contributed by atoms with E-state index < -0.39 is 0 Å². The molecule has 0 saturated heterocycles. The third-order valence-electron chi connectivity index (χ3n) is 4.06. The molecule has 0 heterocycles. The van der Waals surface area contributed by atoms with Crippen molar-refractivity contribution in [2.24, 2.45) is 9.98 Å². The van der Waals surface area contributed by atoms with Crippen molar-refractivity contribution in [3.05, 3.63) is 46.6 Å². The Bertz CT molecular complexity index is 688. The lowest BCUT2D eigenvalue weighted by molar-refractivity contribution is 0.904. The van der Waals surface area contributed by atoms with E-state index in [0.717, 1.165) is 41.8 Å². The van der Waals surface area contributed by atoms with Crippen LogP contribution in [-0.2, 0) is 6.42 Å². The van der Waals surface area contributed by atoms with Crippen molar-refractivity contribution >= 4 is 36.5 Å². The van der Waals surface area contributed by atoms with Crippen LogP contribution in [0.1, 0.15) is 48.9 Å². The van der Waals surface area contributed by atoms with Crippen molar-refractivity contribution < 1.29 is 0 Å². The highest BCUT2D eigenvalue weighted by Crippen LogP contribution is 2.42. The van der Waals surface area contributed by atoms with Crippen LogP contribution in [0.25, 0.3) is 12.2 Å². The Morgan fingerprint density at radius 2 is 1.95 bits per heavy atom. The summed E-state index contributed by atoms with van der Waals surface area (Å²) >= 11 is 0. The van der Waals surface area contributed by atoms with Gasteiger partial charge >= 0.3 is 0 Å². The van der Waals surface area contributed by atoms with Crippen LogP contribution >= 0.6 is 0 Å². The average molecular weight is 292 g/mol. The maximum absolute atomic E-state index is 4.55. The SMILES string of the molecule is C=Nc1c2c(c(/C=C\C)c(C)c1/N=C\C)CCC(=C)C/C=C\2. The number of aliphatic imine (C=N–C) groups is 2. The highest BCUT2D eigenvalue weighted by atomic mass is 14.8. The molecule has 2 heteroatoms. The van der Waals surface area contributed by atoms with Gasteiger partial charge < -0.3 is 0 Å². The summed E-state index contributed by atoms with van der Waals surface area (Å²) in [6.07, 6.45) is 13.3. The van der Waals surface area contributed by atoms with E-state index in [1.54, 1.807) is 0 Å². The van der Waals surface area contributed by atoms with Gasteiger partial charge in [0.1, 0.15) is 0 Å². The van der Waals surface area contributed by atoms with Gasteiger partial charge in [0.2, 0.25) is 0 Å². The van der Waals surface area contributed by atoms with Crippen molar-refractivity contribution in [2.45, 2.75) is 40.0 Å². The molecule has 1 aliphatic rings. The van der Waals surface area contributed by atoms with Crippen LogP contribution in [0.15, 0.2) is 34.3 Å². The maximum Gasteiger partial charge on any atom is 0.0956 e. The van der Waals surface area contributed by atoms with E-state index in [-0.39, 0.29) is 0 Å². The quantitative estimate of drug-likeness (QED) is 0.483. The van der Waals surface area contributed by atoms with Gasteiger partial charge in [-0.25, -0.2) is 0 Å². The minimum Gasteiger partial charge on any atom is -0.262 e. The van der Waals surface area contributed by atoms with Gasteiger partial charge in [-0.15, -0.1) is 0 Å². The highest BCUT2D eigenvalue weighted by Gasteiger charge is 2.19. The highest BCUT2D eigenvalue weighted by molar-refractivity contribution is 5.87. The first-order chi connectivity index (χ1) is 10.6. The van der Waals surface area contributed by atoms with Crippen LogP contribution in [-0.4, -0.2) is 12.9 Å². The third-order valence-corrected chi connectivity index (χ3v) is 4.06. The second-order valence-corrected chi connectivity index (χ2v) is 5.53. The molecule has 2 rings (SSSR count). The van der Waals surface area contributed by atoms with Crippen LogP contribution in [0.2, 0.25) is 0 Å². The summed E-state index contributed by atoms with van der Waals surface area (Å²) < 4.78 is 0. The smallest absolute Gasteiger partial charge is 0.0956 e. The summed E-state index contributed by atoms with van der Waals surface area (Å²) in [4.78, 5) is 8.85. The van der Waals surface area contributed by atoms with Crippen molar-refractivity contribution in [2.75, 3.05) is 0 Å². The predicted octanol–water partition coefficient (Wildman–Crippen LogP) is 5.99. The molecule has 0 bridgehead atoms. The molecule has 0 atom stereocenters. The van der Waals surface area contributed by atoms with Crippen molar-refractivity contribution in [3.8, 4) is 0 Å². The number of benzene rings is 1. The molecule has 0 spiro atoms. The molecule has 0 N–H and O–H groups in total. The summed E-state index contributed by atoms with van der Waals surface area (Å²) in [5.74, 6) is 0. The third kappa shape index (κ3) is 3.01. The first kappa shape index (κ1) is 16.2. The van der Waals surface area contributed by atoms with Gasteiger partial charge in [0.15, 0.2) is 0 Å². The predicted molar refractivity (Wildman–Crippen MR) is 100 cm³/mol. The molecule has 1 aliphatic carbocycles. The van der Waals surface area contributed by atoms with Crippen LogP contribution in [0.4, 0.5) is 11.4 Å². The minimum absolute atomic E-state index is 0.891. The molecule has 0 unspecified atom stereocenters. The zero-order valence-corrected chi connectivity index (χ0v) is 13.8. The van der Waals surface area contributed by atoms with Crippen LogP contribution in [0, 0.1) is 6.92 Å². The van der Waals surface area contributed by atoms with E-state index in [1.165, 1.54) is 16.7 Å². The van der Waals surface area contributed by atoms with Gasteiger partial charge in [0, 0.05) is 11.8 Å². The Hall–Kier alpha value is -2.22. The first-order valence-corrected chi connectivity index (χ1v) is 7.74. The number of rotatable bonds is 3. The monoisotopic (exact) mass is 292 g/mol. The number of nitrogens with zero attached hydrogens (tertiary/aromatic N) is 2. The molecule has 0 radical (unpaired) electrons.